The standard InChI is InChI=1S/C49H98N2/c1-4-7-10-13-16-19-21-23-25-27-29-31-33-36-39-42-45-50-47-48-51(49(50)44-41-38-35-18-15-12-9-6-3)46-43-40-37-34-32-30-28-26-24-22-20-17-14-11-8-5-2/h47-49H,4-46H2,1-3H3. The summed E-state index contributed by atoms with van der Waals surface area (Å²) >= 11 is 0. The number of hydrogen-bond acceptors (Lipinski definition) is 2. The molecule has 0 spiro atoms. The molecule has 0 saturated heterocycles. The summed E-state index contributed by atoms with van der Waals surface area (Å²) in [5, 5.41) is 0. The van der Waals surface area contributed by atoms with Gasteiger partial charge in [0, 0.05) is 25.5 Å². The molecule has 0 fully saturated rings. The summed E-state index contributed by atoms with van der Waals surface area (Å²) in [7, 11) is 0. The lowest BCUT2D eigenvalue weighted by molar-refractivity contribution is 0.135. The molecule has 2 nitrogen and oxygen atoms in total. The van der Waals surface area contributed by atoms with E-state index in [-0.39, 0.29) is 0 Å². The minimum Gasteiger partial charge on any atom is -0.356 e. The van der Waals surface area contributed by atoms with E-state index in [0.717, 1.165) is 0 Å². The van der Waals surface area contributed by atoms with Crippen molar-refractivity contribution >= 4 is 0 Å². The third kappa shape index (κ3) is 32.5. The smallest absolute Gasteiger partial charge is 0.101 e. The highest BCUT2D eigenvalue weighted by Crippen LogP contribution is 2.24. The second-order valence-electron chi connectivity index (χ2n) is 17.1. The Hall–Kier alpha value is -0.660. The van der Waals surface area contributed by atoms with Gasteiger partial charge in [0.1, 0.15) is 6.17 Å². The molecule has 0 aromatic carbocycles. The van der Waals surface area contributed by atoms with Crippen LogP contribution in [-0.4, -0.2) is 29.1 Å². The van der Waals surface area contributed by atoms with E-state index in [4.69, 9.17) is 0 Å². The maximum absolute atomic E-state index is 2.73. The molecular weight excluding hydrogens is 617 g/mol. The van der Waals surface area contributed by atoms with Crippen molar-refractivity contribution in [2.24, 2.45) is 0 Å². The summed E-state index contributed by atoms with van der Waals surface area (Å²) in [6.45, 7) is 9.50. The van der Waals surface area contributed by atoms with Crippen LogP contribution < -0.4 is 0 Å². The van der Waals surface area contributed by atoms with E-state index in [0.29, 0.717) is 6.17 Å². The predicted octanol–water partition coefficient (Wildman–Crippen LogP) is 17.5. The normalized spacial score (nSPS) is 13.4. The van der Waals surface area contributed by atoms with Crippen molar-refractivity contribution in [2.75, 3.05) is 13.1 Å². The van der Waals surface area contributed by atoms with E-state index in [9.17, 15) is 0 Å². The zero-order chi connectivity index (χ0) is 36.6. The molecular formula is C49H98N2. The maximum atomic E-state index is 2.73. The van der Waals surface area contributed by atoms with Crippen molar-refractivity contribution < 1.29 is 0 Å². The molecule has 0 bridgehead atoms. The van der Waals surface area contributed by atoms with Crippen LogP contribution in [0.3, 0.4) is 0 Å². The average molecular weight is 715 g/mol. The highest BCUT2D eigenvalue weighted by Gasteiger charge is 2.24. The lowest BCUT2D eigenvalue weighted by Crippen LogP contribution is -2.39. The SMILES string of the molecule is CCCCCCCCCCCCCCCCCCN1C=CN(CCCCCCCCCCCCCCCCCC)C1CCCCCCCCCC. The van der Waals surface area contributed by atoms with E-state index in [1.807, 2.05) is 0 Å². The van der Waals surface area contributed by atoms with Gasteiger partial charge in [-0.1, -0.05) is 258 Å². The van der Waals surface area contributed by atoms with E-state index in [1.165, 1.54) is 276 Å². The fourth-order valence-electron chi connectivity index (χ4n) is 8.48. The van der Waals surface area contributed by atoms with Crippen LogP contribution in [0, 0.1) is 0 Å². The van der Waals surface area contributed by atoms with E-state index >= 15 is 0 Å². The third-order valence-corrected chi connectivity index (χ3v) is 12.1. The largest absolute Gasteiger partial charge is 0.356 e. The molecule has 0 saturated carbocycles. The second kappa shape index (κ2) is 40.5. The van der Waals surface area contributed by atoms with Crippen LogP contribution in [-0.2, 0) is 0 Å². The highest BCUT2D eigenvalue weighted by molar-refractivity contribution is 4.97. The second-order valence-corrected chi connectivity index (χ2v) is 17.1. The van der Waals surface area contributed by atoms with Gasteiger partial charge in [-0.15, -0.1) is 0 Å². The molecule has 304 valence electrons. The van der Waals surface area contributed by atoms with Gasteiger partial charge in [0.2, 0.25) is 0 Å². The maximum Gasteiger partial charge on any atom is 0.101 e. The lowest BCUT2D eigenvalue weighted by Gasteiger charge is -2.33. The monoisotopic (exact) mass is 715 g/mol. The van der Waals surface area contributed by atoms with E-state index in [2.05, 4.69) is 43.0 Å². The molecule has 1 rings (SSSR count). The first-order chi connectivity index (χ1) is 25.3. The Kier molecular flexibility index (Phi) is 38.4. The first kappa shape index (κ1) is 48.4. The minimum absolute atomic E-state index is 0.637. The van der Waals surface area contributed by atoms with Crippen LogP contribution in [0.4, 0.5) is 0 Å². The van der Waals surface area contributed by atoms with Crippen LogP contribution in [0.1, 0.15) is 284 Å². The van der Waals surface area contributed by atoms with Crippen molar-refractivity contribution in [1.82, 2.24) is 9.80 Å². The van der Waals surface area contributed by atoms with Gasteiger partial charge < -0.3 is 9.80 Å². The molecule has 0 unspecified atom stereocenters. The summed E-state index contributed by atoms with van der Waals surface area (Å²) < 4.78 is 0. The summed E-state index contributed by atoms with van der Waals surface area (Å²) in [5.74, 6) is 0. The average Bonchev–Trinajstić information content (AvgIpc) is 3.53. The lowest BCUT2D eigenvalue weighted by atomic mass is 10.0. The van der Waals surface area contributed by atoms with Gasteiger partial charge in [0.05, 0.1) is 0 Å². The molecule has 0 amide bonds. The van der Waals surface area contributed by atoms with Crippen LogP contribution in [0.2, 0.25) is 0 Å². The zero-order valence-electron chi connectivity index (χ0n) is 36.0. The van der Waals surface area contributed by atoms with Crippen LogP contribution in [0.25, 0.3) is 0 Å². The van der Waals surface area contributed by atoms with Crippen molar-refractivity contribution in [3.63, 3.8) is 0 Å². The Bertz CT molecular complexity index is 627. The number of hydrogen-bond donors (Lipinski definition) is 0. The summed E-state index contributed by atoms with van der Waals surface area (Å²) in [4.78, 5) is 5.47. The third-order valence-electron chi connectivity index (χ3n) is 12.1. The molecule has 0 atom stereocenters. The zero-order valence-corrected chi connectivity index (χ0v) is 36.0. The Morgan fingerprint density at radius 2 is 0.451 bits per heavy atom. The number of nitrogens with zero attached hydrogens (tertiary/aromatic N) is 2. The van der Waals surface area contributed by atoms with Crippen LogP contribution in [0.5, 0.6) is 0 Å². The fourth-order valence-corrected chi connectivity index (χ4v) is 8.48. The van der Waals surface area contributed by atoms with Crippen molar-refractivity contribution in [3.8, 4) is 0 Å². The Morgan fingerprint density at radius 3 is 0.686 bits per heavy atom. The molecule has 0 aliphatic carbocycles. The molecule has 0 N–H and O–H groups in total. The molecule has 1 aliphatic heterocycles. The molecule has 0 radical (unpaired) electrons. The fraction of sp³-hybridized carbons (Fsp3) is 0.959. The van der Waals surface area contributed by atoms with Crippen LogP contribution in [0.15, 0.2) is 12.4 Å². The molecule has 0 aromatic rings. The Labute approximate surface area is 324 Å². The van der Waals surface area contributed by atoms with Gasteiger partial charge in [-0.25, -0.2) is 0 Å². The molecule has 1 aliphatic rings. The van der Waals surface area contributed by atoms with Gasteiger partial charge in [-0.05, 0) is 25.7 Å². The number of rotatable bonds is 43. The molecule has 0 aromatic heterocycles. The van der Waals surface area contributed by atoms with Gasteiger partial charge in [-0.2, -0.15) is 0 Å². The van der Waals surface area contributed by atoms with Gasteiger partial charge in [-0.3, -0.25) is 0 Å². The van der Waals surface area contributed by atoms with Crippen molar-refractivity contribution in [3.05, 3.63) is 12.4 Å². The van der Waals surface area contributed by atoms with Crippen molar-refractivity contribution in [2.45, 2.75) is 290 Å². The summed E-state index contributed by atoms with van der Waals surface area (Å²) in [5.41, 5.74) is 0. The Morgan fingerprint density at radius 1 is 0.255 bits per heavy atom. The molecule has 2 heteroatoms. The van der Waals surface area contributed by atoms with Gasteiger partial charge >= 0.3 is 0 Å². The Balaban J connectivity index is 2.13. The van der Waals surface area contributed by atoms with Crippen LogP contribution >= 0.6 is 0 Å². The summed E-state index contributed by atoms with van der Waals surface area (Å²) in [6, 6.07) is 0. The van der Waals surface area contributed by atoms with E-state index in [1.54, 1.807) is 0 Å². The molecule has 51 heavy (non-hydrogen) atoms. The summed E-state index contributed by atoms with van der Waals surface area (Å²) in [6.07, 6.45) is 64.9. The first-order valence-electron chi connectivity index (χ1n) is 24.5. The highest BCUT2D eigenvalue weighted by atomic mass is 15.4. The van der Waals surface area contributed by atoms with E-state index < -0.39 is 0 Å². The van der Waals surface area contributed by atoms with Gasteiger partial charge in [0.15, 0.2) is 0 Å². The van der Waals surface area contributed by atoms with Gasteiger partial charge in [0.25, 0.3) is 0 Å². The predicted molar refractivity (Wildman–Crippen MR) is 233 cm³/mol. The first-order valence-corrected chi connectivity index (χ1v) is 24.5. The quantitative estimate of drug-likeness (QED) is 0.0580. The van der Waals surface area contributed by atoms with Crippen molar-refractivity contribution in [1.29, 1.82) is 0 Å². The number of unbranched alkanes of at least 4 members (excludes halogenated alkanes) is 37. The minimum atomic E-state index is 0.637. The topological polar surface area (TPSA) is 6.48 Å². The molecule has 1 heterocycles.